The normalized spacial score (nSPS) is 18.6. The van der Waals surface area contributed by atoms with E-state index in [4.69, 9.17) is 0 Å². The predicted molar refractivity (Wildman–Crippen MR) is 58.1 cm³/mol. The Labute approximate surface area is 86.0 Å². The minimum atomic E-state index is 0.108. The average molecular weight is 196 g/mol. The molecule has 0 atom stereocenters. The summed E-state index contributed by atoms with van der Waals surface area (Å²) in [6.07, 6.45) is 9.52. The molecule has 0 bridgehead atoms. The fraction of sp³-hybridized carbons (Fsp3) is 0.818. The van der Waals surface area contributed by atoms with Gasteiger partial charge in [-0.05, 0) is 19.3 Å². The first kappa shape index (κ1) is 11.2. The number of nitrogens with zero attached hydrogens (tertiary/aromatic N) is 1. The lowest BCUT2D eigenvalue weighted by Gasteiger charge is -2.19. The molecule has 1 rings (SSSR count). The van der Waals surface area contributed by atoms with Gasteiger partial charge in [0.15, 0.2) is 0 Å². The van der Waals surface area contributed by atoms with Gasteiger partial charge in [0.05, 0.1) is 0 Å². The molecule has 1 saturated carbocycles. The minimum Gasteiger partial charge on any atom is -0.273 e. The van der Waals surface area contributed by atoms with E-state index in [2.05, 4.69) is 17.5 Å². The van der Waals surface area contributed by atoms with E-state index in [0.717, 1.165) is 25.7 Å². The topological polar surface area (TPSA) is 41.5 Å². The van der Waals surface area contributed by atoms with Gasteiger partial charge in [0.25, 0.3) is 0 Å². The quantitative estimate of drug-likeness (QED) is 0.544. The Morgan fingerprint density at radius 1 is 1.43 bits per heavy atom. The SMILES string of the molecule is CCCC=NNC(=O)C1CCCCC1. The largest absolute Gasteiger partial charge is 0.273 e. The van der Waals surface area contributed by atoms with Gasteiger partial charge in [-0.1, -0.05) is 32.6 Å². The van der Waals surface area contributed by atoms with Crippen molar-refractivity contribution in [1.82, 2.24) is 5.43 Å². The van der Waals surface area contributed by atoms with Crippen molar-refractivity contribution >= 4 is 12.1 Å². The lowest BCUT2D eigenvalue weighted by Crippen LogP contribution is -2.28. The van der Waals surface area contributed by atoms with E-state index in [1.54, 1.807) is 6.21 Å². The first-order chi connectivity index (χ1) is 6.84. The molecule has 1 aliphatic rings. The molecule has 1 fully saturated rings. The summed E-state index contributed by atoms with van der Waals surface area (Å²) in [5, 5.41) is 3.91. The standard InChI is InChI=1S/C11H20N2O/c1-2-3-9-12-13-11(14)10-7-5-4-6-8-10/h9-10H,2-8H2,1H3,(H,13,14). The molecule has 1 N–H and O–H groups in total. The van der Waals surface area contributed by atoms with Gasteiger partial charge in [-0.25, -0.2) is 5.43 Å². The molecular formula is C11H20N2O. The number of amides is 1. The van der Waals surface area contributed by atoms with E-state index in [0.29, 0.717) is 0 Å². The molecule has 80 valence electrons. The zero-order chi connectivity index (χ0) is 10.2. The van der Waals surface area contributed by atoms with E-state index in [-0.39, 0.29) is 11.8 Å². The summed E-state index contributed by atoms with van der Waals surface area (Å²) < 4.78 is 0. The Morgan fingerprint density at radius 3 is 2.79 bits per heavy atom. The Kier molecular flexibility index (Phi) is 5.27. The third kappa shape index (κ3) is 3.90. The molecule has 0 aromatic rings. The van der Waals surface area contributed by atoms with Gasteiger partial charge in [0.1, 0.15) is 0 Å². The summed E-state index contributed by atoms with van der Waals surface area (Å²) >= 11 is 0. The van der Waals surface area contributed by atoms with Crippen LogP contribution in [-0.4, -0.2) is 12.1 Å². The van der Waals surface area contributed by atoms with Crippen molar-refractivity contribution < 1.29 is 4.79 Å². The summed E-state index contributed by atoms with van der Waals surface area (Å²) in [5.41, 5.74) is 2.62. The number of hydrogen-bond donors (Lipinski definition) is 1. The fourth-order valence-electron chi connectivity index (χ4n) is 1.76. The van der Waals surface area contributed by atoms with E-state index < -0.39 is 0 Å². The van der Waals surface area contributed by atoms with Gasteiger partial charge in [0, 0.05) is 12.1 Å². The summed E-state index contributed by atoms with van der Waals surface area (Å²) in [4.78, 5) is 11.5. The van der Waals surface area contributed by atoms with Crippen LogP contribution < -0.4 is 5.43 Å². The number of hydrazone groups is 1. The predicted octanol–water partition coefficient (Wildman–Crippen LogP) is 2.47. The Balaban J connectivity index is 2.19. The number of unbranched alkanes of at least 4 members (excludes halogenated alkanes) is 1. The summed E-state index contributed by atoms with van der Waals surface area (Å²) in [6, 6.07) is 0. The van der Waals surface area contributed by atoms with Crippen LogP contribution in [0.3, 0.4) is 0 Å². The average Bonchev–Trinajstić information content (AvgIpc) is 2.25. The van der Waals surface area contributed by atoms with Crippen molar-refractivity contribution in [2.24, 2.45) is 11.0 Å². The van der Waals surface area contributed by atoms with Crippen LogP contribution >= 0.6 is 0 Å². The van der Waals surface area contributed by atoms with Gasteiger partial charge >= 0.3 is 0 Å². The summed E-state index contributed by atoms with van der Waals surface area (Å²) in [7, 11) is 0. The molecular weight excluding hydrogens is 176 g/mol. The lowest BCUT2D eigenvalue weighted by molar-refractivity contribution is -0.125. The fourth-order valence-corrected chi connectivity index (χ4v) is 1.76. The van der Waals surface area contributed by atoms with E-state index in [1.165, 1.54) is 19.3 Å². The smallest absolute Gasteiger partial charge is 0.243 e. The highest BCUT2D eigenvalue weighted by atomic mass is 16.2. The first-order valence-electron chi connectivity index (χ1n) is 5.66. The van der Waals surface area contributed by atoms with E-state index in [9.17, 15) is 4.79 Å². The van der Waals surface area contributed by atoms with Gasteiger partial charge in [-0.15, -0.1) is 0 Å². The van der Waals surface area contributed by atoms with Crippen LogP contribution in [-0.2, 0) is 4.79 Å². The van der Waals surface area contributed by atoms with Crippen molar-refractivity contribution in [2.75, 3.05) is 0 Å². The second-order valence-corrected chi connectivity index (χ2v) is 3.91. The zero-order valence-corrected chi connectivity index (χ0v) is 8.96. The monoisotopic (exact) mass is 196 g/mol. The number of carbonyl (C=O) groups excluding carboxylic acids is 1. The molecule has 1 amide bonds. The van der Waals surface area contributed by atoms with Crippen LogP contribution in [0.4, 0.5) is 0 Å². The maximum Gasteiger partial charge on any atom is 0.243 e. The molecule has 14 heavy (non-hydrogen) atoms. The van der Waals surface area contributed by atoms with Crippen LogP contribution in [0.15, 0.2) is 5.10 Å². The summed E-state index contributed by atoms with van der Waals surface area (Å²) in [5.74, 6) is 0.319. The molecule has 3 heteroatoms. The van der Waals surface area contributed by atoms with Crippen LogP contribution in [0.25, 0.3) is 0 Å². The zero-order valence-electron chi connectivity index (χ0n) is 8.96. The molecule has 0 aliphatic heterocycles. The Hall–Kier alpha value is -0.860. The van der Waals surface area contributed by atoms with Crippen LogP contribution in [0.5, 0.6) is 0 Å². The first-order valence-corrected chi connectivity index (χ1v) is 5.66. The second-order valence-electron chi connectivity index (χ2n) is 3.91. The molecule has 1 aliphatic carbocycles. The minimum absolute atomic E-state index is 0.108. The van der Waals surface area contributed by atoms with Crippen molar-refractivity contribution in [3.05, 3.63) is 0 Å². The maximum absolute atomic E-state index is 11.5. The molecule has 0 heterocycles. The van der Waals surface area contributed by atoms with Crippen molar-refractivity contribution in [3.63, 3.8) is 0 Å². The van der Waals surface area contributed by atoms with Gasteiger partial charge < -0.3 is 0 Å². The molecule has 0 radical (unpaired) electrons. The highest BCUT2D eigenvalue weighted by Crippen LogP contribution is 2.23. The van der Waals surface area contributed by atoms with Crippen molar-refractivity contribution in [3.8, 4) is 0 Å². The van der Waals surface area contributed by atoms with Crippen LogP contribution in [0, 0.1) is 5.92 Å². The molecule has 0 aromatic heterocycles. The van der Waals surface area contributed by atoms with Gasteiger partial charge in [0.2, 0.25) is 5.91 Å². The van der Waals surface area contributed by atoms with Crippen LogP contribution in [0.2, 0.25) is 0 Å². The second kappa shape index (κ2) is 6.57. The molecule has 0 spiro atoms. The van der Waals surface area contributed by atoms with Gasteiger partial charge in [-0.3, -0.25) is 4.79 Å². The van der Waals surface area contributed by atoms with Gasteiger partial charge in [-0.2, -0.15) is 5.10 Å². The molecule has 0 saturated heterocycles. The van der Waals surface area contributed by atoms with E-state index >= 15 is 0 Å². The molecule has 0 aromatic carbocycles. The maximum atomic E-state index is 11.5. The summed E-state index contributed by atoms with van der Waals surface area (Å²) in [6.45, 7) is 2.09. The Bertz CT molecular complexity index is 195. The van der Waals surface area contributed by atoms with Crippen molar-refractivity contribution in [2.45, 2.75) is 51.9 Å². The molecule has 3 nitrogen and oxygen atoms in total. The lowest BCUT2D eigenvalue weighted by atomic mass is 9.89. The van der Waals surface area contributed by atoms with E-state index in [1.807, 2.05) is 0 Å². The third-order valence-electron chi connectivity index (χ3n) is 2.66. The Morgan fingerprint density at radius 2 is 2.14 bits per heavy atom. The number of rotatable bonds is 4. The third-order valence-corrected chi connectivity index (χ3v) is 2.66. The van der Waals surface area contributed by atoms with Crippen molar-refractivity contribution in [1.29, 1.82) is 0 Å². The molecule has 0 unspecified atom stereocenters. The number of nitrogens with one attached hydrogen (secondary N) is 1. The highest BCUT2D eigenvalue weighted by molar-refractivity contribution is 5.79. The highest BCUT2D eigenvalue weighted by Gasteiger charge is 2.20. The number of hydrogen-bond acceptors (Lipinski definition) is 2. The van der Waals surface area contributed by atoms with Crippen LogP contribution in [0.1, 0.15) is 51.9 Å². The number of carbonyl (C=O) groups is 1.